The van der Waals surface area contributed by atoms with Crippen LogP contribution in [0.4, 0.5) is 0 Å². The molecule has 6 heteroatoms. The van der Waals surface area contributed by atoms with E-state index in [4.69, 9.17) is 9.47 Å². The predicted molar refractivity (Wildman–Crippen MR) is 278 cm³/mol. The first-order valence-corrected chi connectivity index (χ1v) is 29.3. The number of carbonyl (C=O) groups is 2. The molecule has 0 heterocycles. The summed E-state index contributed by atoms with van der Waals surface area (Å²) >= 11 is 0. The minimum absolute atomic E-state index is 0.00390. The van der Waals surface area contributed by atoms with Crippen LogP contribution in [0.1, 0.15) is 267 Å². The van der Waals surface area contributed by atoms with Crippen LogP contribution in [0.25, 0.3) is 0 Å². The van der Waals surface area contributed by atoms with Gasteiger partial charge in [-0.25, -0.2) is 0 Å². The summed E-state index contributed by atoms with van der Waals surface area (Å²) in [4.78, 5) is 28.6. The molecule has 384 valence electrons. The Morgan fingerprint density at radius 3 is 1.92 bits per heavy atom. The van der Waals surface area contributed by atoms with Crippen molar-refractivity contribution in [3.8, 4) is 0 Å². The first-order valence-electron chi connectivity index (χ1n) is 29.3. The zero-order valence-corrected chi connectivity index (χ0v) is 45.0. The van der Waals surface area contributed by atoms with Crippen LogP contribution in [-0.4, -0.2) is 60.4 Å². The third-order valence-electron chi connectivity index (χ3n) is 18.7. The highest BCUT2D eigenvalue weighted by Gasteiger charge is 2.59. The number of aliphatic hydroxyl groups excluding tert-OH is 1. The second-order valence-electron chi connectivity index (χ2n) is 23.9. The summed E-state index contributed by atoms with van der Waals surface area (Å²) in [6.45, 7) is 23.0. The highest BCUT2D eigenvalue weighted by molar-refractivity contribution is 5.69. The van der Waals surface area contributed by atoms with Crippen LogP contribution in [0.2, 0.25) is 0 Å². The fourth-order valence-electron chi connectivity index (χ4n) is 14.0. The molecule has 4 aliphatic rings. The normalized spacial score (nSPS) is 27.5. The van der Waals surface area contributed by atoms with Gasteiger partial charge in [0.1, 0.15) is 12.2 Å². The second kappa shape index (κ2) is 31.0. The Balaban J connectivity index is 1.11. The molecule has 6 nitrogen and oxygen atoms in total. The number of carbonyl (C=O) groups excluding carboxylic acids is 2. The average Bonchev–Trinajstić information content (AvgIpc) is 3.66. The number of ether oxygens (including phenoxy) is 2. The monoisotopic (exact) mass is 924 g/mol. The SMILES string of the molecule is CCCCCCCCC(CCCCCC)OC(=O)CCCCCCN(CCCCO)CCCCCC(=O)OC1CCC2(C)C(=CCC3C2CCC2(C)C(C(C)CCC(C)C(C)C)CCC32)C1. The number of unbranched alkanes of at least 4 members (excludes halogenated alkanes) is 14. The van der Waals surface area contributed by atoms with Crippen LogP contribution in [0.3, 0.4) is 0 Å². The van der Waals surface area contributed by atoms with Crippen LogP contribution >= 0.6 is 0 Å². The average molecular weight is 925 g/mol. The Morgan fingerprint density at radius 1 is 0.667 bits per heavy atom. The summed E-state index contributed by atoms with van der Waals surface area (Å²) in [7, 11) is 0. The highest BCUT2D eigenvalue weighted by Crippen LogP contribution is 2.67. The van der Waals surface area contributed by atoms with Crippen molar-refractivity contribution in [2.75, 3.05) is 26.2 Å². The van der Waals surface area contributed by atoms with Crippen molar-refractivity contribution in [3.63, 3.8) is 0 Å². The van der Waals surface area contributed by atoms with E-state index >= 15 is 0 Å². The molecule has 0 amide bonds. The molecule has 3 saturated carbocycles. The van der Waals surface area contributed by atoms with Gasteiger partial charge in [0.05, 0.1) is 0 Å². The maximum atomic E-state index is 13.2. The molecule has 0 saturated heterocycles. The van der Waals surface area contributed by atoms with Gasteiger partial charge in [-0.15, -0.1) is 0 Å². The number of fused-ring (bicyclic) bond motifs is 5. The second-order valence-corrected chi connectivity index (χ2v) is 23.9. The molecule has 10 atom stereocenters. The summed E-state index contributed by atoms with van der Waals surface area (Å²) in [6.07, 6.45) is 40.5. The molecular weight excluding hydrogens is 815 g/mol. The van der Waals surface area contributed by atoms with Gasteiger partial charge in [0, 0.05) is 25.9 Å². The molecule has 0 aromatic carbocycles. The Hall–Kier alpha value is -1.40. The number of aliphatic hydroxyl groups is 1. The summed E-state index contributed by atoms with van der Waals surface area (Å²) in [6, 6.07) is 0. The van der Waals surface area contributed by atoms with E-state index in [0.717, 1.165) is 145 Å². The molecule has 66 heavy (non-hydrogen) atoms. The van der Waals surface area contributed by atoms with Crippen molar-refractivity contribution in [1.29, 1.82) is 0 Å². The molecule has 0 aromatic heterocycles. The number of allylic oxidation sites excluding steroid dienone is 1. The summed E-state index contributed by atoms with van der Waals surface area (Å²) < 4.78 is 12.3. The summed E-state index contributed by atoms with van der Waals surface area (Å²) in [5, 5.41) is 9.42. The van der Waals surface area contributed by atoms with E-state index in [1.807, 2.05) is 0 Å². The molecule has 3 fully saturated rings. The van der Waals surface area contributed by atoms with Crippen molar-refractivity contribution < 1.29 is 24.2 Å². The van der Waals surface area contributed by atoms with Crippen molar-refractivity contribution >= 4 is 11.9 Å². The van der Waals surface area contributed by atoms with Crippen LogP contribution in [0.5, 0.6) is 0 Å². The zero-order valence-electron chi connectivity index (χ0n) is 45.0. The molecule has 0 radical (unpaired) electrons. The predicted octanol–water partition coefficient (Wildman–Crippen LogP) is 16.4. The molecule has 0 bridgehead atoms. The fraction of sp³-hybridized carbons (Fsp3) is 0.933. The maximum Gasteiger partial charge on any atom is 0.306 e. The standard InChI is InChI=1S/C60H109NO5/c1-9-11-13-15-16-21-29-51(28-20-14-12-10-2)65-57(63)30-22-17-18-24-42-61(44-26-27-45-62)43-25-19-23-31-58(64)66-52-38-40-59(7)50(46-52)34-35-53-55-37-36-54(60(55,8)41-39-56(53)59)49(6)33-32-48(5)47(3)4/h34,47-49,51-56,62H,9-33,35-46H2,1-8H3. The van der Waals surface area contributed by atoms with Gasteiger partial charge >= 0.3 is 11.9 Å². The van der Waals surface area contributed by atoms with Gasteiger partial charge in [-0.05, 0) is 181 Å². The van der Waals surface area contributed by atoms with Crippen LogP contribution in [-0.2, 0) is 19.1 Å². The molecule has 0 spiro atoms. The molecule has 1 N–H and O–H groups in total. The number of esters is 2. The van der Waals surface area contributed by atoms with Crippen molar-refractivity contribution in [3.05, 3.63) is 11.6 Å². The van der Waals surface area contributed by atoms with Crippen molar-refractivity contribution in [2.24, 2.45) is 52.3 Å². The Kier molecular flexibility index (Phi) is 26.9. The number of nitrogens with zero attached hydrogens (tertiary/aromatic N) is 1. The smallest absolute Gasteiger partial charge is 0.306 e. The minimum atomic E-state index is 0.00390. The third-order valence-corrected chi connectivity index (χ3v) is 18.7. The molecule has 10 unspecified atom stereocenters. The number of rotatable bonds is 36. The van der Waals surface area contributed by atoms with Gasteiger partial charge in [-0.1, -0.05) is 151 Å². The lowest BCUT2D eigenvalue weighted by Gasteiger charge is -2.58. The summed E-state index contributed by atoms with van der Waals surface area (Å²) in [5.74, 6) is 5.85. The lowest BCUT2D eigenvalue weighted by molar-refractivity contribution is -0.152. The van der Waals surface area contributed by atoms with Gasteiger partial charge in [0.2, 0.25) is 0 Å². The minimum Gasteiger partial charge on any atom is -0.462 e. The van der Waals surface area contributed by atoms with E-state index < -0.39 is 0 Å². The van der Waals surface area contributed by atoms with Gasteiger partial charge in [-0.2, -0.15) is 0 Å². The van der Waals surface area contributed by atoms with Crippen LogP contribution in [0, 0.1) is 52.3 Å². The number of hydrogen-bond acceptors (Lipinski definition) is 6. The highest BCUT2D eigenvalue weighted by atomic mass is 16.5. The van der Waals surface area contributed by atoms with Crippen molar-refractivity contribution in [1.82, 2.24) is 4.90 Å². The quantitative estimate of drug-likeness (QED) is 0.0383. The van der Waals surface area contributed by atoms with E-state index in [1.54, 1.807) is 5.57 Å². The molecule has 4 rings (SSSR count). The molecular formula is C60H109NO5. The van der Waals surface area contributed by atoms with E-state index in [9.17, 15) is 14.7 Å². The molecule has 0 aliphatic heterocycles. The van der Waals surface area contributed by atoms with E-state index in [0.29, 0.717) is 18.3 Å². The molecule has 4 aliphatic carbocycles. The third kappa shape index (κ3) is 18.4. The Labute approximate surface area is 409 Å². The van der Waals surface area contributed by atoms with Crippen LogP contribution in [0.15, 0.2) is 11.6 Å². The number of hydrogen-bond donors (Lipinski definition) is 1. The topological polar surface area (TPSA) is 76.1 Å². The Bertz CT molecular complexity index is 1360. The summed E-state index contributed by atoms with van der Waals surface area (Å²) in [5.41, 5.74) is 2.41. The fourth-order valence-corrected chi connectivity index (χ4v) is 14.0. The zero-order chi connectivity index (χ0) is 47.8. The van der Waals surface area contributed by atoms with Gasteiger partial charge in [0.15, 0.2) is 0 Å². The van der Waals surface area contributed by atoms with Gasteiger partial charge < -0.3 is 19.5 Å². The van der Waals surface area contributed by atoms with E-state index in [2.05, 4.69) is 66.4 Å². The lowest BCUT2D eigenvalue weighted by Crippen LogP contribution is -2.51. The van der Waals surface area contributed by atoms with Gasteiger partial charge in [0.25, 0.3) is 0 Å². The van der Waals surface area contributed by atoms with Gasteiger partial charge in [-0.3, -0.25) is 9.59 Å². The maximum absolute atomic E-state index is 13.2. The van der Waals surface area contributed by atoms with E-state index in [1.165, 1.54) is 116 Å². The first-order chi connectivity index (χ1) is 31.9. The molecule has 0 aromatic rings. The lowest BCUT2D eigenvalue weighted by atomic mass is 9.47. The van der Waals surface area contributed by atoms with Crippen molar-refractivity contribution in [2.45, 2.75) is 279 Å². The van der Waals surface area contributed by atoms with E-state index in [-0.39, 0.29) is 36.2 Å². The Morgan fingerprint density at radius 2 is 1.26 bits per heavy atom. The van der Waals surface area contributed by atoms with Crippen LogP contribution < -0.4 is 0 Å². The first kappa shape index (κ1) is 57.2. The largest absolute Gasteiger partial charge is 0.462 e.